The highest BCUT2D eigenvalue weighted by molar-refractivity contribution is 5.61. The molecule has 0 heterocycles. The summed E-state index contributed by atoms with van der Waals surface area (Å²) in [5, 5.41) is 14.3. The molecule has 1 aliphatic rings. The number of nitro benzene ring substituents is 1. The van der Waals surface area contributed by atoms with Crippen molar-refractivity contribution in [3.8, 4) is 0 Å². The predicted molar refractivity (Wildman–Crippen MR) is 85.6 cm³/mol. The molecule has 0 aliphatic heterocycles. The fourth-order valence-corrected chi connectivity index (χ4v) is 3.29. The summed E-state index contributed by atoms with van der Waals surface area (Å²) in [4.78, 5) is 13.0. The minimum absolute atomic E-state index is 0.152. The van der Waals surface area contributed by atoms with Crippen molar-refractivity contribution in [3.05, 3.63) is 34.4 Å². The highest BCUT2D eigenvalue weighted by Crippen LogP contribution is 2.29. The number of nitrogens with zero attached hydrogens (tertiary/aromatic N) is 2. The molecule has 2 rings (SSSR count). The molecular formula is C16H25N3O2. The van der Waals surface area contributed by atoms with Gasteiger partial charge in [0.05, 0.1) is 4.92 Å². The minimum Gasteiger partial charge on any atom is -0.378 e. The Morgan fingerprint density at radius 3 is 2.57 bits per heavy atom. The van der Waals surface area contributed by atoms with Crippen molar-refractivity contribution in [2.45, 2.75) is 38.1 Å². The van der Waals surface area contributed by atoms with Crippen molar-refractivity contribution < 1.29 is 4.92 Å². The molecule has 1 atom stereocenters. The molecule has 1 fully saturated rings. The molecule has 5 heteroatoms. The first-order valence-electron chi connectivity index (χ1n) is 7.73. The maximum atomic E-state index is 11.1. The van der Waals surface area contributed by atoms with Crippen LogP contribution in [0.15, 0.2) is 24.3 Å². The number of nitrogens with one attached hydrogen (secondary N) is 1. The molecule has 1 saturated carbocycles. The predicted octanol–water partition coefficient (Wildman–Crippen LogP) is 3.52. The van der Waals surface area contributed by atoms with Crippen molar-refractivity contribution in [2.24, 2.45) is 5.92 Å². The zero-order chi connectivity index (χ0) is 15.2. The van der Waals surface area contributed by atoms with E-state index in [0.29, 0.717) is 17.6 Å². The number of likely N-dealkylation sites (N-methyl/N-ethyl adjacent to an activating group) is 1. The highest BCUT2D eigenvalue weighted by Gasteiger charge is 2.25. The van der Waals surface area contributed by atoms with Crippen LogP contribution in [-0.4, -0.2) is 36.5 Å². The highest BCUT2D eigenvalue weighted by atomic mass is 16.6. The minimum atomic E-state index is -0.326. The lowest BCUT2D eigenvalue weighted by Crippen LogP contribution is -2.41. The van der Waals surface area contributed by atoms with Crippen LogP contribution in [0.2, 0.25) is 0 Å². The van der Waals surface area contributed by atoms with Crippen LogP contribution in [-0.2, 0) is 0 Å². The van der Waals surface area contributed by atoms with E-state index in [9.17, 15) is 10.1 Å². The Labute approximate surface area is 126 Å². The first-order chi connectivity index (χ1) is 10.1. The van der Waals surface area contributed by atoms with E-state index in [1.54, 1.807) is 18.2 Å². The Morgan fingerprint density at radius 2 is 1.95 bits per heavy atom. The Hall–Kier alpha value is -1.62. The summed E-state index contributed by atoms with van der Waals surface area (Å²) in [5.41, 5.74) is 0.767. The van der Waals surface area contributed by atoms with Gasteiger partial charge in [-0.1, -0.05) is 31.4 Å². The molecule has 0 spiro atoms. The fourth-order valence-electron chi connectivity index (χ4n) is 3.29. The van der Waals surface area contributed by atoms with Crippen LogP contribution in [0.5, 0.6) is 0 Å². The Balaban J connectivity index is 2.03. The lowest BCUT2D eigenvalue weighted by atomic mass is 9.83. The standard InChI is InChI=1S/C16H25N3O2/c1-18(2)16(13-8-4-3-5-9-13)12-17-14-10-6-7-11-15(14)19(20)21/h6-7,10-11,13,16-17H,3-5,8-9,12H2,1-2H3. The van der Waals surface area contributed by atoms with Gasteiger partial charge in [0.25, 0.3) is 5.69 Å². The molecule has 1 aromatic carbocycles. The number of anilines is 1. The average Bonchev–Trinajstić information content (AvgIpc) is 2.48. The molecule has 0 aromatic heterocycles. The number of nitro groups is 1. The molecule has 116 valence electrons. The second kappa shape index (κ2) is 7.41. The van der Waals surface area contributed by atoms with Crippen LogP contribution in [0.3, 0.4) is 0 Å². The molecule has 0 amide bonds. The first-order valence-corrected chi connectivity index (χ1v) is 7.73. The van der Waals surface area contributed by atoms with Crippen LogP contribution in [0.4, 0.5) is 11.4 Å². The zero-order valence-corrected chi connectivity index (χ0v) is 12.9. The molecule has 1 aromatic rings. The van der Waals surface area contributed by atoms with E-state index in [-0.39, 0.29) is 10.6 Å². The Bertz CT molecular complexity index is 470. The Morgan fingerprint density at radius 1 is 1.29 bits per heavy atom. The van der Waals surface area contributed by atoms with Gasteiger partial charge in [-0.25, -0.2) is 0 Å². The van der Waals surface area contributed by atoms with Crippen molar-refractivity contribution in [2.75, 3.05) is 26.0 Å². The van der Waals surface area contributed by atoms with E-state index < -0.39 is 0 Å². The third-order valence-electron chi connectivity index (χ3n) is 4.46. The van der Waals surface area contributed by atoms with E-state index in [1.807, 2.05) is 6.07 Å². The number of benzene rings is 1. The zero-order valence-electron chi connectivity index (χ0n) is 12.9. The van der Waals surface area contributed by atoms with Gasteiger partial charge in [0, 0.05) is 18.7 Å². The van der Waals surface area contributed by atoms with Gasteiger partial charge < -0.3 is 10.2 Å². The smallest absolute Gasteiger partial charge is 0.292 e. The molecule has 0 radical (unpaired) electrons. The first kappa shape index (κ1) is 15.8. The van der Waals surface area contributed by atoms with Crippen LogP contribution in [0.1, 0.15) is 32.1 Å². The van der Waals surface area contributed by atoms with Crippen LogP contribution >= 0.6 is 0 Å². The van der Waals surface area contributed by atoms with Gasteiger partial charge >= 0.3 is 0 Å². The van der Waals surface area contributed by atoms with Crippen LogP contribution in [0.25, 0.3) is 0 Å². The lowest BCUT2D eigenvalue weighted by molar-refractivity contribution is -0.384. The summed E-state index contributed by atoms with van der Waals surface area (Å²) in [7, 11) is 4.20. The van der Waals surface area contributed by atoms with Crippen LogP contribution < -0.4 is 5.32 Å². The van der Waals surface area contributed by atoms with Gasteiger partial charge in [-0.15, -0.1) is 0 Å². The van der Waals surface area contributed by atoms with E-state index in [4.69, 9.17) is 0 Å². The maximum Gasteiger partial charge on any atom is 0.292 e. The SMILES string of the molecule is CN(C)C(CNc1ccccc1[N+](=O)[O-])C1CCCCC1. The van der Waals surface area contributed by atoms with Gasteiger partial charge in [0.1, 0.15) is 5.69 Å². The van der Waals surface area contributed by atoms with Gasteiger partial charge in [-0.05, 0) is 38.9 Å². The summed E-state index contributed by atoms with van der Waals surface area (Å²) in [5.74, 6) is 0.684. The summed E-state index contributed by atoms with van der Waals surface area (Å²) in [6.45, 7) is 0.752. The summed E-state index contributed by atoms with van der Waals surface area (Å²) < 4.78 is 0. The summed E-state index contributed by atoms with van der Waals surface area (Å²) >= 11 is 0. The molecule has 21 heavy (non-hydrogen) atoms. The molecule has 1 aliphatic carbocycles. The molecule has 5 nitrogen and oxygen atoms in total. The molecule has 0 bridgehead atoms. The van der Waals surface area contributed by atoms with Gasteiger partial charge in [-0.2, -0.15) is 0 Å². The normalized spacial score (nSPS) is 17.7. The third-order valence-corrected chi connectivity index (χ3v) is 4.46. The summed E-state index contributed by atoms with van der Waals surface area (Å²) in [6, 6.07) is 7.29. The van der Waals surface area contributed by atoms with E-state index in [0.717, 1.165) is 6.54 Å². The average molecular weight is 291 g/mol. The monoisotopic (exact) mass is 291 g/mol. The lowest BCUT2D eigenvalue weighted by Gasteiger charge is -2.35. The van der Waals surface area contributed by atoms with Gasteiger partial charge in [0.2, 0.25) is 0 Å². The Kier molecular flexibility index (Phi) is 5.56. The number of para-hydroxylation sites is 2. The third kappa shape index (κ3) is 4.17. The van der Waals surface area contributed by atoms with Crippen molar-refractivity contribution in [3.63, 3.8) is 0 Å². The molecule has 1 unspecified atom stereocenters. The molecule has 1 N–H and O–H groups in total. The van der Waals surface area contributed by atoms with E-state index >= 15 is 0 Å². The summed E-state index contributed by atoms with van der Waals surface area (Å²) in [6.07, 6.45) is 6.48. The number of rotatable bonds is 6. The van der Waals surface area contributed by atoms with Gasteiger partial charge in [0.15, 0.2) is 0 Å². The molecular weight excluding hydrogens is 266 g/mol. The van der Waals surface area contributed by atoms with Crippen molar-refractivity contribution in [1.82, 2.24) is 4.90 Å². The van der Waals surface area contributed by atoms with Crippen LogP contribution in [0, 0.1) is 16.0 Å². The van der Waals surface area contributed by atoms with E-state index in [2.05, 4.69) is 24.3 Å². The topological polar surface area (TPSA) is 58.4 Å². The van der Waals surface area contributed by atoms with E-state index in [1.165, 1.54) is 32.1 Å². The van der Waals surface area contributed by atoms with Crippen molar-refractivity contribution in [1.29, 1.82) is 0 Å². The number of hydrogen-bond donors (Lipinski definition) is 1. The second-order valence-corrected chi connectivity index (χ2v) is 6.08. The largest absolute Gasteiger partial charge is 0.378 e. The fraction of sp³-hybridized carbons (Fsp3) is 0.625. The second-order valence-electron chi connectivity index (χ2n) is 6.08. The van der Waals surface area contributed by atoms with Crippen molar-refractivity contribution >= 4 is 11.4 Å². The molecule has 0 saturated heterocycles. The maximum absolute atomic E-state index is 11.1. The van der Waals surface area contributed by atoms with Gasteiger partial charge in [-0.3, -0.25) is 10.1 Å². The number of hydrogen-bond acceptors (Lipinski definition) is 4. The quantitative estimate of drug-likeness (QED) is 0.643.